The third-order valence-corrected chi connectivity index (χ3v) is 3.45. The van der Waals surface area contributed by atoms with Gasteiger partial charge in [0.15, 0.2) is 11.6 Å². The minimum Gasteiger partial charge on any atom is -0.494 e. The molecular weight excluding hydrogens is 274 g/mol. The number of methoxy groups -OCH3 is 2. The Morgan fingerprint density at radius 3 is 2.75 bits per heavy atom. The van der Waals surface area contributed by atoms with Crippen LogP contribution in [0.3, 0.4) is 0 Å². The average Bonchev–Trinajstić information content (AvgIpc) is 2.88. The van der Waals surface area contributed by atoms with Gasteiger partial charge in [0, 0.05) is 19.3 Å². The lowest BCUT2D eigenvalue weighted by Gasteiger charge is -2.09. The predicted molar refractivity (Wildman–Crippen MR) is 80.7 cm³/mol. The van der Waals surface area contributed by atoms with Crippen LogP contribution >= 0.6 is 11.8 Å². The second kappa shape index (κ2) is 7.31. The summed E-state index contributed by atoms with van der Waals surface area (Å²) >= 11 is 1.78. The monoisotopic (exact) mass is 293 g/mol. The number of aromatic nitrogens is 3. The maximum absolute atomic E-state index is 5.39. The first-order valence-electron chi connectivity index (χ1n) is 6.36. The van der Waals surface area contributed by atoms with Gasteiger partial charge in [-0.2, -0.15) is 16.9 Å². The molecule has 0 saturated carbocycles. The number of para-hydroxylation sites is 2. The average molecular weight is 293 g/mol. The number of ether oxygens (including phenoxy) is 2. The Labute approximate surface area is 123 Å². The molecule has 0 bridgehead atoms. The van der Waals surface area contributed by atoms with E-state index in [2.05, 4.69) is 16.3 Å². The van der Waals surface area contributed by atoms with Crippen LogP contribution in [-0.2, 0) is 17.8 Å². The van der Waals surface area contributed by atoms with Gasteiger partial charge in [0.25, 0.3) is 0 Å². The van der Waals surface area contributed by atoms with Crippen molar-refractivity contribution in [3.63, 3.8) is 0 Å². The van der Waals surface area contributed by atoms with Crippen LogP contribution in [0.5, 0.6) is 5.75 Å². The summed E-state index contributed by atoms with van der Waals surface area (Å²) < 4.78 is 12.4. The summed E-state index contributed by atoms with van der Waals surface area (Å²) in [7, 11) is 3.31. The number of thioether (sulfide) groups is 1. The number of hydrogen-bond donors (Lipinski definition) is 0. The molecule has 1 aromatic heterocycles. The summed E-state index contributed by atoms with van der Waals surface area (Å²) in [6.45, 7) is 0.421. The second-order valence-electron chi connectivity index (χ2n) is 4.20. The standard InChI is InChI=1S/C14H19N3O2S/c1-18-10-14-15-13(8-9-20-3)16-17(14)11-6-4-5-7-12(11)19-2/h4-7H,8-10H2,1-3H3. The van der Waals surface area contributed by atoms with Crippen molar-refractivity contribution in [2.24, 2.45) is 0 Å². The Morgan fingerprint density at radius 1 is 1.25 bits per heavy atom. The number of benzene rings is 1. The molecule has 0 aliphatic carbocycles. The molecule has 5 nitrogen and oxygen atoms in total. The molecular formula is C14H19N3O2S. The van der Waals surface area contributed by atoms with E-state index in [1.165, 1.54) is 0 Å². The quantitative estimate of drug-likeness (QED) is 0.784. The van der Waals surface area contributed by atoms with E-state index in [1.807, 2.05) is 24.3 Å². The topological polar surface area (TPSA) is 49.2 Å². The van der Waals surface area contributed by atoms with E-state index in [1.54, 1.807) is 30.7 Å². The molecule has 0 amide bonds. The van der Waals surface area contributed by atoms with E-state index >= 15 is 0 Å². The highest BCUT2D eigenvalue weighted by atomic mass is 32.2. The Hall–Kier alpha value is -1.53. The normalized spacial score (nSPS) is 10.8. The molecule has 0 saturated heterocycles. The van der Waals surface area contributed by atoms with Crippen molar-refractivity contribution in [1.29, 1.82) is 0 Å². The van der Waals surface area contributed by atoms with Crippen molar-refractivity contribution < 1.29 is 9.47 Å². The lowest BCUT2D eigenvalue weighted by Crippen LogP contribution is -2.06. The fourth-order valence-corrected chi connectivity index (χ4v) is 2.30. The van der Waals surface area contributed by atoms with Gasteiger partial charge < -0.3 is 9.47 Å². The van der Waals surface area contributed by atoms with Gasteiger partial charge >= 0.3 is 0 Å². The predicted octanol–water partition coefficient (Wildman–Crippen LogP) is 2.33. The van der Waals surface area contributed by atoms with Crippen molar-refractivity contribution in [3.8, 4) is 11.4 Å². The van der Waals surface area contributed by atoms with Gasteiger partial charge in [0.2, 0.25) is 0 Å². The van der Waals surface area contributed by atoms with Crippen molar-refractivity contribution in [3.05, 3.63) is 35.9 Å². The van der Waals surface area contributed by atoms with Crippen molar-refractivity contribution in [1.82, 2.24) is 14.8 Å². The molecule has 0 N–H and O–H groups in total. The third-order valence-electron chi connectivity index (χ3n) is 2.83. The van der Waals surface area contributed by atoms with Gasteiger partial charge in [-0.1, -0.05) is 12.1 Å². The Bertz CT molecular complexity index is 557. The molecule has 0 unspecified atom stereocenters. The van der Waals surface area contributed by atoms with Crippen LogP contribution < -0.4 is 4.74 Å². The summed E-state index contributed by atoms with van der Waals surface area (Å²) in [6.07, 6.45) is 2.92. The van der Waals surface area contributed by atoms with Crippen LogP contribution in [0.1, 0.15) is 11.6 Å². The van der Waals surface area contributed by atoms with E-state index in [0.29, 0.717) is 6.61 Å². The van der Waals surface area contributed by atoms with Crippen LogP contribution in [0, 0.1) is 0 Å². The maximum Gasteiger partial charge on any atom is 0.158 e. The zero-order valence-electron chi connectivity index (χ0n) is 12.0. The van der Waals surface area contributed by atoms with Gasteiger partial charge in [-0.15, -0.1) is 0 Å². The van der Waals surface area contributed by atoms with Crippen LogP contribution in [0.4, 0.5) is 0 Å². The molecule has 0 atom stereocenters. The minimum absolute atomic E-state index is 0.421. The molecule has 0 aliphatic heterocycles. The summed E-state index contributed by atoms with van der Waals surface area (Å²) in [5.41, 5.74) is 0.880. The first kappa shape index (κ1) is 14.9. The number of rotatable bonds is 7. The lowest BCUT2D eigenvalue weighted by molar-refractivity contribution is 0.175. The maximum atomic E-state index is 5.39. The van der Waals surface area contributed by atoms with Crippen molar-refractivity contribution in [2.45, 2.75) is 13.0 Å². The van der Waals surface area contributed by atoms with Crippen LogP contribution in [0.25, 0.3) is 5.69 Å². The fraction of sp³-hybridized carbons (Fsp3) is 0.429. The fourth-order valence-electron chi connectivity index (χ4n) is 1.91. The number of aryl methyl sites for hydroxylation is 1. The molecule has 1 heterocycles. The summed E-state index contributed by atoms with van der Waals surface area (Å²) in [6, 6.07) is 7.77. The third kappa shape index (κ3) is 3.32. The van der Waals surface area contributed by atoms with Crippen molar-refractivity contribution in [2.75, 3.05) is 26.2 Å². The van der Waals surface area contributed by atoms with Crippen LogP contribution in [-0.4, -0.2) is 41.0 Å². The molecule has 2 aromatic rings. The van der Waals surface area contributed by atoms with E-state index in [4.69, 9.17) is 9.47 Å². The zero-order chi connectivity index (χ0) is 14.4. The van der Waals surface area contributed by atoms with E-state index in [-0.39, 0.29) is 0 Å². The van der Waals surface area contributed by atoms with Gasteiger partial charge in [-0.3, -0.25) is 0 Å². The van der Waals surface area contributed by atoms with Gasteiger partial charge in [0.05, 0.1) is 7.11 Å². The Morgan fingerprint density at radius 2 is 2.05 bits per heavy atom. The van der Waals surface area contributed by atoms with Crippen LogP contribution in [0.15, 0.2) is 24.3 Å². The second-order valence-corrected chi connectivity index (χ2v) is 5.19. The summed E-state index contributed by atoms with van der Waals surface area (Å²) in [4.78, 5) is 4.55. The molecule has 0 radical (unpaired) electrons. The minimum atomic E-state index is 0.421. The molecule has 1 aromatic carbocycles. The Kier molecular flexibility index (Phi) is 5.43. The number of nitrogens with zero attached hydrogens (tertiary/aromatic N) is 3. The molecule has 20 heavy (non-hydrogen) atoms. The van der Waals surface area contributed by atoms with Gasteiger partial charge in [0.1, 0.15) is 18.0 Å². The van der Waals surface area contributed by atoms with E-state index in [9.17, 15) is 0 Å². The summed E-state index contributed by atoms with van der Waals surface area (Å²) in [5, 5.41) is 4.58. The number of hydrogen-bond acceptors (Lipinski definition) is 5. The van der Waals surface area contributed by atoms with Crippen LogP contribution in [0.2, 0.25) is 0 Å². The highest BCUT2D eigenvalue weighted by molar-refractivity contribution is 7.98. The smallest absolute Gasteiger partial charge is 0.158 e. The van der Waals surface area contributed by atoms with Gasteiger partial charge in [-0.05, 0) is 18.4 Å². The highest BCUT2D eigenvalue weighted by Crippen LogP contribution is 2.23. The highest BCUT2D eigenvalue weighted by Gasteiger charge is 2.14. The first-order valence-corrected chi connectivity index (χ1v) is 7.75. The molecule has 0 aliphatic rings. The summed E-state index contributed by atoms with van der Waals surface area (Å²) in [5.74, 6) is 3.39. The van der Waals surface area contributed by atoms with E-state index < -0.39 is 0 Å². The Balaban J connectivity index is 2.40. The molecule has 0 fully saturated rings. The molecule has 108 valence electrons. The van der Waals surface area contributed by atoms with Gasteiger partial charge in [-0.25, -0.2) is 9.67 Å². The molecule has 6 heteroatoms. The largest absolute Gasteiger partial charge is 0.494 e. The van der Waals surface area contributed by atoms with E-state index in [0.717, 1.165) is 35.3 Å². The first-order chi connectivity index (χ1) is 9.80. The zero-order valence-corrected chi connectivity index (χ0v) is 12.8. The lowest BCUT2D eigenvalue weighted by atomic mass is 10.3. The molecule has 2 rings (SSSR count). The SMILES string of the molecule is COCc1nc(CCSC)nn1-c1ccccc1OC. The van der Waals surface area contributed by atoms with Crippen molar-refractivity contribution >= 4 is 11.8 Å². The molecule has 0 spiro atoms.